The zero-order valence-electron chi connectivity index (χ0n) is 12.4. The number of fused-ring (bicyclic) bond motifs is 1. The maximum absolute atomic E-state index is 6.36. The number of pyridine rings is 1. The highest BCUT2D eigenvalue weighted by molar-refractivity contribution is 6.20. The van der Waals surface area contributed by atoms with Gasteiger partial charge in [-0.2, -0.15) is 0 Å². The SMILES string of the molecule is Cc1cccc2nc(C(C)Cl)n(C(C)c3cccnc3)c12. The third-order valence-corrected chi connectivity index (χ3v) is 4.04. The topological polar surface area (TPSA) is 30.7 Å². The number of aryl methyl sites for hydroxylation is 1. The summed E-state index contributed by atoms with van der Waals surface area (Å²) in [7, 11) is 0. The van der Waals surface area contributed by atoms with Crippen molar-refractivity contribution >= 4 is 22.6 Å². The number of aromatic nitrogens is 3. The molecule has 3 aromatic rings. The molecule has 4 heteroatoms. The third kappa shape index (κ3) is 2.42. The van der Waals surface area contributed by atoms with Crippen LogP contribution in [0.25, 0.3) is 11.0 Å². The van der Waals surface area contributed by atoms with E-state index in [-0.39, 0.29) is 11.4 Å². The molecule has 0 aliphatic rings. The molecule has 0 radical (unpaired) electrons. The summed E-state index contributed by atoms with van der Waals surface area (Å²) >= 11 is 6.36. The molecule has 0 saturated heterocycles. The Morgan fingerprint density at radius 1 is 1.14 bits per heavy atom. The highest BCUT2D eigenvalue weighted by Gasteiger charge is 2.21. The summed E-state index contributed by atoms with van der Waals surface area (Å²) in [6.45, 7) is 6.23. The van der Waals surface area contributed by atoms with E-state index in [9.17, 15) is 0 Å². The molecule has 0 bridgehead atoms. The number of nitrogens with zero attached hydrogens (tertiary/aromatic N) is 3. The van der Waals surface area contributed by atoms with E-state index in [1.54, 1.807) is 6.20 Å². The molecule has 2 heterocycles. The normalized spacial score (nSPS) is 14.3. The predicted octanol–water partition coefficient (Wildman–Crippen LogP) is 4.65. The molecule has 0 saturated carbocycles. The molecule has 3 rings (SSSR count). The van der Waals surface area contributed by atoms with Gasteiger partial charge in [0.2, 0.25) is 0 Å². The number of benzene rings is 1. The van der Waals surface area contributed by atoms with Crippen LogP contribution in [0, 0.1) is 6.92 Å². The van der Waals surface area contributed by atoms with Crippen LogP contribution in [0.5, 0.6) is 0 Å². The Kier molecular flexibility index (Phi) is 3.68. The Morgan fingerprint density at radius 3 is 2.62 bits per heavy atom. The van der Waals surface area contributed by atoms with E-state index in [2.05, 4.69) is 35.5 Å². The third-order valence-electron chi connectivity index (χ3n) is 3.85. The molecule has 0 amide bonds. The molecular formula is C17H18ClN3. The standard InChI is InChI=1S/C17H18ClN3/c1-11-6-4-8-15-16(11)21(17(20-15)12(2)18)13(3)14-7-5-9-19-10-14/h4-10,12-13H,1-3H3. The van der Waals surface area contributed by atoms with E-state index < -0.39 is 0 Å². The van der Waals surface area contributed by atoms with Gasteiger partial charge in [-0.15, -0.1) is 11.6 Å². The molecule has 0 N–H and O–H groups in total. The Hall–Kier alpha value is -1.87. The predicted molar refractivity (Wildman–Crippen MR) is 86.8 cm³/mol. The molecule has 108 valence electrons. The van der Waals surface area contributed by atoms with Crippen LogP contribution in [0.4, 0.5) is 0 Å². The highest BCUT2D eigenvalue weighted by atomic mass is 35.5. The number of alkyl halides is 1. The first-order chi connectivity index (χ1) is 10.1. The summed E-state index contributed by atoms with van der Waals surface area (Å²) in [4.78, 5) is 8.96. The van der Waals surface area contributed by atoms with E-state index in [4.69, 9.17) is 16.6 Å². The Labute approximate surface area is 129 Å². The highest BCUT2D eigenvalue weighted by Crippen LogP contribution is 2.32. The van der Waals surface area contributed by atoms with Gasteiger partial charge in [-0.3, -0.25) is 4.98 Å². The molecular weight excluding hydrogens is 282 g/mol. The first-order valence-electron chi connectivity index (χ1n) is 7.11. The lowest BCUT2D eigenvalue weighted by Crippen LogP contribution is -2.12. The maximum atomic E-state index is 6.36. The summed E-state index contributed by atoms with van der Waals surface area (Å²) in [5.41, 5.74) is 4.50. The fraction of sp³-hybridized carbons (Fsp3) is 0.294. The van der Waals surface area contributed by atoms with E-state index in [0.29, 0.717) is 0 Å². The van der Waals surface area contributed by atoms with Crippen LogP contribution in [-0.2, 0) is 0 Å². The van der Waals surface area contributed by atoms with Crippen molar-refractivity contribution in [3.05, 3.63) is 59.7 Å². The van der Waals surface area contributed by atoms with Crippen LogP contribution in [0.3, 0.4) is 0 Å². The molecule has 2 atom stereocenters. The van der Waals surface area contributed by atoms with Crippen LogP contribution in [0.1, 0.15) is 42.2 Å². The van der Waals surface area contributed by atoms with Crippen molar-refractivity contribution in [1.29, 1.82) is 0 Å². The van der Waals surface area contributed by atoms with Crippen LogP contribution >= 0.6 is 11.6 Å². The van der Waals surface area contributed by atoms with Gasteiger partial charge in [0.15, 0.2) is 0 Å². The van der Waals surface area contributed by atoms with E-state index in [1.807, 2.05) is 31.3 Å². The average Bonchev–Trinajstić information content (AvgIpc) is 2.88. The van der Waals surface area contributed by atoms with Crippen molar-refractivity contribution in [1.82, 2.24) is 14.5 Å². The number of para-hydroxylation sites is 1. The second-order valence-electron chi connectivity index (χ2n) is 5.36. The maximum Gasteiger partial charge on any atom is 0.128 e. The lowest BCUT2D eigenvalue weighted by atomic mass is 10.1. The number of halogens is 1. The quantitative estimate of drug-likeness (QED) is 0.659. The fourth-order valence-electron chi connectivity index (χ4n) is 2.78. The van der Waals surface area contributed by atoms with E-state index >= 15 is 0 Å². The minimum Gasteiger partial charge on any atom is -0.319 e. The average molecular weight is 300 g/mol. The van der Waals surface area contributed by atoms with Crippen LogP contribution in [0.2, 0.25) is 0 Å². The second-order valence-corrected chi connectivity index (χ2v) is 6.02. The van der Waals surface area contributed by atoms with Gasteiger partial charge >= 0.3 is 0 Å². The van der Waals surface area contributed by atoms with Crippen LogP contribution in [0.15, 0.2) is 42.7 Å². The molecule has 0 spiro atoms. The minimum absolute atomic E-state index is 0.140. The van der Waals surface area contributed by atoms with Crippen LogP contribution in [-0.4, -0.2) is 14.5 Å². The van der Waals surface area contributed by atoms with Crippen molar-refractivity contribution in [2.75, 3.05) is 0 Å². The second kappa shape index (κ2) is 5.49. The Bertz CT molecular complexity index is 762. The number of imidazole rings is 1. The molecule has 0 aliphatic heterocycles. The molecule has 1 aromatic carbocycles. The van der Waals surface area contributed by atoms with E-state index in [1.165, 1.54) is 5.56 Å². The number of hydrogen-bond donors (Lipinski definition) is 0. The first kappa shape index (κ1) is 14.1. The van der Waals surface area contributed by atoms with Crippen molar-refractivity contribution in [2.45, 2.75) is 32.2 Å². The lowest BCUT2D eigenvalue weighted by Gasteiger charge is -2.19. The smallest absolute Gasteiger partial charge is 0.128 e. The summed E-state index contributed by atoms with van der Waals surface area (Å²) in [6.07, 6.45) is 3.69. The van der Waals surface area contributed by atoms with Crippen molar-refractivity contribution in [3.8, 4) is 0 Å². The summed E-state index contributed by atoms with van der Waals surface area (Å²) in [6, 6.07) is 10.4. The summed E-state index contributed by atoms with van der Waals surface area (Å²) in [5, 5.41) is -0.143. The number of hydrogen-bond acceptors (Lipinski definition) is 2. The van der Waals surface area contributed by atoms with Gasteiger partial charge in [-0.1, -0.05) is 18.2 Å². The van der Waals surface area contributed by atoms with Crippen molar-refractivity contribution < 1.29 is 0 Å². The summed E-state index contributed by atoms with van der Waals surface area (Å²) in [5.74, 6) is 0.900. The van der Waals surface area contributed by atoms with E-state index in [0.717, 1.165) is 22.4 Å². The minimum atomic E-state index is -0.143. The Morgan fingerprint density at radius 2 is 1.95 bits per heavy atom. The summed E-state index contributed by atoms with van der Waals surface area (Å²) < 4.78 is 2.24. The lowest BCUT2D eigenvalue weighted by molar-refractivity contribution is 0.615. The fourth-order valence-corrected chi connectivity index (χ4v) is 2.94. The number of rotatable bonds is 3. The molecule has 0 fully saturated rings. The van der Waals surface area contributed by atoms with Gasteiger partial charge in [-0.05, 0) is 44.0 Å². The van der Waals surface area contributed by atoms with Gasteiger partial charge < -0.3 is 4.57 Å². The molecule has 3 nitrogen and oxygen atoms in total. The molecule has 2 aromatic heterocycles. The van der Waals surface area contributed by atoms with Gasteiger partial charge in [-0.25, -0.2) is 4.98 Å². The molecule has 2 unspecified atom stereocenters. The zero-order valence-corrected chi connectivity index (χ0v) is 13.2. The first-order valence-corrected chi connectivity index (χ1v) is 7.54. The van der Waals surface area contributed by atoms with Crippen molar-refractivity contribution in [3.63, 3.8) is 0 Å². The van der Waals surface area contributed by atoms with Crippen molar-refractivity contribution in [2.24, 2.45) is 0 Å². The van der Waals surface area contributed by atoms with Gasteiger partial charge in [0.25, 0.3) is 0 Å². The Balaban J connectivity index is 2.27. The monoisotopic (exact) mass is 299 g/mol. The van der Waals surface area contributed by atoms with Gasteiger partial charge in [0.05, 0.1) is 22.5 Å². The van der Waals surface area contributed by atoms with Crippen LogP contribution < -0.4 is 0 Å². The molecule has 21 heavy (non-hydrogen) atoms. The molecule has 0 aliphatic carbocycles. The van der Waals surface area contributed by atoms with Gasteiger partial charge in [0.1, 0.15) is 5.82 Å². The zero-order chi connectivity index (χ0) is 15.0. The van der Waals surface area contributed by atoms with Gasteiger partial charge in [0, 0.05) is 12.4 Å². The largest absolute Gasteiger partial charge is 0.319 e.